The molecule has 0 radical (unpaired) electrons. The van der Waals surface area contributed by atoms with Crippen LogP contribution in [0.4, 0.5) is 0 Å². The van der Waals surface area contributed by atoms with Crippen LogP contribution >= 0.6 is 22.6 Å². The molecule has 1 aromatic rings. The van der Waals surface area contributed by atoms with Crippen LogP contribution in [0.1, 0.15) is 79.2 Å². The highest BCUT2D eigenvalue weighted by atomic mass is 127. The Balaban J connectivity index is 2.37. The number of nitrogens with one attached hydrogen (secondary N) is 7. The van der Waals surface area contributed by atoms with Gasteiger partial charge in [-0.05, 0) is 65.2 Å². The number of carboxylic acid groups (broad SMARTS) is 2. The fourth-order valence-electron chi connectivity index (χ4n) is 7.02. The number of carboxylic acids is 2. The minimum Gasteiger partial charge on any atom is -0.481 e. The number of benzene rings is 1. The van der Waals surface area contributed by atoms with Crippen LogP contribution in [0.3, 0.4) is 0 Å². The Labute approximate surface area is 401 Å². The summed E-state index contributed by atoms with van der Waals surface area (Å²) < 4.78 is -0.398. The molecule has 1 fully saturated rings. The van der Waals surface area contributed by atoms with Crippen molar-refractivity contribution < 1.29 is 68.1 Å². The molecule has 0 saturated carbocycles. The van der Waals surface area contributed by atoms with Crippen molar-refractivity contribution in [1.82, 2.24) is 42.1 Å². The highest BCUT2D eigenvalue weighted by Crippen LogP contribution is 2.22. The average molecular weight is 1060 g/mol. The van der Waals surface area contributed by atoms with E-state index >= 15 is 0 Å². The van der Waals surface area contributed by atoms with Crippen molar-refractivity contribution in [3.05, 3.63) is 35.9 Å². The molecule has 2 rings (SSSR count). The minimum atomic E-state index is -1.76. The van der Waals surface area contributed by atoms with E-state index in [1.165, 1.54) is 27.5 Å². The van der Waals surface area contributed by atoms with Gasteiger partial charge in [0.05, 0.1) is 19.6 Å². The van der Waals surface area contributed by atoms with Gasteiger partial charge in [0.2, 0.25) is 47.3 Å². The summed E-state index contributed by atoms with van der Waals surface area (Å²) >= 11 is 1.49. The average Bonchev–Trinajstić information content (AvgIpc) is 3.76. The number of halogens is 1. The summed E-state index contributed by atoms with van der Waals surface area (Å²) in [6, 6.07) is -2.77. The van der Waals surface area contributed by atoms with E-state index < -0.39 is 149 Å². The number of carbonyl (C=O) groups is 11. The third-order valence-electron chi connectivity index (χ3n) is 10.8. The number of carbonyl (C=O) groups excluding carboxylic acids is 9. The second-order valence-electron chi connectivity index (χ2n) is 17.1. The lowest BCUT2D eigenvalue weighted by Crippen LogP contribution is -2.61. The van der Waals surface area contributed by atoms with E-state index in [0.29, 0.717) is 12.0 Å². The van der Waals surface area contributed by atoms with Crippen LogP contribution in [-0.4, -0.2) is 151 Å². The molecule has 0 bridgehead atoms. The zero-order valence-corrected chi connectivity index (χ0v) is 40.5. The van der Waals surface area contributed by atoms with Crippen LogP contribution in [0.25, 0.3) is 0 Å². The van der Waals surface area contributed by atoms with Crippen LogP contribution < -0.4 is 43.0 Å². The number of likely N-dealkylation sites (tertiary alicyclic amines) is 1. The van der Waals surface area contributed by atoms with Gasteiger partial charge in [0.25, 0.3) is 0 Å². The summed E-state index contributed by atoms with van der Waals surface area (Å²) in [4.78, 5) is 145. The van der Waals surface area contributed by atoms with Crippen molar-refractivity contribution in [3.8, 4) is 0 Å². The number of aliphatic hydroxyl groups excluding tert-OH is 1. The van der Waals surface area contributed by atoms with Crippen molar-refractivity contribution in [3.63, 3.8) is 0 Å². The van der Waals surface area contributed by atoms with Gasteiger partial charge in [-0.1, -0.05) is 71.9 Å². The van der Waals surface area contributed by atoms with E-state index in [4.69, 9.17) is 5.73 Å². The molecule has 0 aliphatic carbocycles. The van der Waals surface area contributed by atoms with Gasteiger partial charge in [0, 0.05) is 19.4 Å². The first-order valence-corrected chi connectivity index (χ1v) is 22.9. The number of aliphatic hydroxyl groups is 1. The molecule has 8 unspecified atom stereocenters. The number of aliphatic carboxylic acids is 2. The molecule has 1 aliphatic rings. The molecule has 12 N–H and O–H groups in total. The van der Waals surface area contributed by atoms with Gasteiger partial charge in [-0.25, -0.2) is 4.79 Å². The van der Waals surface area contributed by atoms with Crippen molar-refractivity contribution in [2.24, 2.45) is 23.5 Å². The second kappa shape index (κ2) is 27.8. The Morgan fingerprint density at radius 3 is 1.72 bits per heavy atom. The quantitative estimate of drug-likeness (QED) is 0.0330. The molecule has 0 aromatic heterocycles. The van der Waals surface area contributed by atoms with Gasteiger partial charge in [-0.3, -0.25) is 47.9 Å². The molecule has 1 saturated heterocycles. The second-order valence-corrected chi connectivity index (χ2v) is 18.3. The standard InChI is InChI=1S/C43H64IN9O14/c1-21(2)33(50-31(56)19-45)41(64)48-27(18-32(57)58)38(61)46-25(14-15-30(44)55)36(59)51-34(22(3)4)42(65)53-16-10-13-29(53)40(63)47-26(17-24-11-8-7-9-12-24)37(60)49-28(20-54)39(62)52-35(23(5)6)43(66)67/h7-9,11-12,21-23,25-29,33-35,54H,10,13-20,45H2,1-6H3,(H,46,61)(H,47,63)(H,48,64)(H,49,60)(H,50,56)(H,51,59)(H,52,62)(H,57,58)(H,66,67). The molecule has 23 nitrogen and oxygen atoms in total. The Morgan fingerprint density at radius 1 is 0.672 bits per heavy atom. The summed E-state index contributed by atoms with van der Waals surface area (Å²) in [7, 11) is 0. The maximum absolute atomic E-state index is 14.3. The number of amides is 8. The number of rotatable bonds is 27. The van der Waals surface area contributed by atoms with E-state index in [1.807, 2.05) is 0 Å². The summed E-state index contributed by atoms with van der Waals surface area (Å²) in [5, 5.41) is 46.2. The summed E-state index contributed by atoms with van der Waals surface area (Å²) in [6.45, 7) is 8.22. The van der Waals surface area contributed by atoms with Gasteiger partial charge in [-0.15, -0.1) is 0 Å². The normalized spacial score (nSPS) is 16.6. The lowest BCUT2D eigenvalue weighted by Gasteiger charge is -2.32. The van der Waals surface area contributed by atoms with Gasteiger partial charge in [0.1, 0.15) is 48.3 Å². The molecule has 1 aliphatic heterocycles. The molecule has 372 valence electrons. The number of nitrogens with zero attached hydrogens (tertiary/aromatic N) is 1. The van der Waals surface area contributed by atoms with E-state index in [1.54, 1.807) is 71.9 Å². The molecule has 24 heteroatoms. The third kappa shape index (κ3) is 18.4. The number of hydrogen-bond acceptors (Lipinski definition) is 13. The first kappa shape index (κ1) is 57.4. The smallest absolute Gasteiger partial charge is 0.326 e. The van der Waals surface area contributed by atoms with E-state index in [9.17, 15) is 68.1 Å². The number of hydrogen-bond donors (Lipinski definition) is 11. The van der Waals surface area contributed by atoms with E-state index in [-0.39, 0.29) is 32.2 Å². The predicted octanol–water partition coefficient (Wildman–Crippen LogP) is -2.17. The highest BCUT2D eigenvalue weighted by Gasteiger charge is 2.41. The van der Waals surface area contributed by atoms with Crippen molar-refractivity contribution in [1.29, 1.82) is 0 Å². The minimum absolute atomic E-state index is 0.0576. The Hall–Kier alpha value is -5.76. The Kier molecular flexibility index (Phi) is 23.8. The predicted molar refractivity (Wildman–Crippen MR) is 247 cm³/mol. The number of nitrogens with two attached hydrogens (primary N) is 1. The fourth-order valence-corrected chi connectivity index (χ4v) is 7.33. The molecular formula is C43H64IN9O14. The van der Waals surface area contributed by atoms with Crippen molar-refractivity contribution >= 4 is 85.6 Å². The van der Waals surface area contributed by atoms with Crippen LogP contribution in [0.15, 0.2) is 30.3 Å². The zero-order valence-electron chi connectivity index (χ0n) is 38.3. The Bertz CT molecular complexity index is 1950. The van der Waals surface area contributed by atoms with E-state index in [2.05, 4.69) is 37.2 Å². The SMILES string of the molecule is CC(C)C(NC(=O)C(CO)NC(=O)C(Cc1ccccc1)NC(=O)C1CCCN1C(=O)C(NC(=O)C(CCC(=O)I)NC(=O)C(CC(=O)O)NC(=O)C(NC(=O)CN)C(C)C)C(C)C)C(=O)O. The van der Waals surface area contributed by atoms with Crippen LogP contribution in [0.2, 0.25) is 0 Å². The molecular weight excluding hydrogens is 993 g/mol. The molecule has 8 amide bonds. The third-order valence-corrected chi connectivity index (χ3v) is 11.3. The van der Waals surface area contributed by atoms with Gasteiger partial charge in [0.15, 0.2) is 3.79 Å². The largest absolute Gasteiger partial charge is 0.481 e. The summed E-state index contributed by atoms with van der Waals surface area (Å²) in [5.74, 6) is -11.5. The van der Waals surface area contributed by atoms with Crippen LogP contribution in [-0.2, 0) is 59.2 Å². The first-order valence-electron chi connectivity index (χ1n) is 21.8. The molecule has 67 heavy (non-hydrogen) atoms. The van der Waals surface area contributed by atoms with Gasteiger partial charge in [-0.2, -0.15) is 0 Å². The molecule has 1 aromatic carbocycles. The fraction of sp³-hybridized carbons (Fsp3) is 0.605. The van der Waals surface area contributed by atoms with Crippen LogP contribution in [0, 0.1) is 17.8 Å². The van der Waals surface area contributed by atoms with E-state index in [0.717, 1.165) is 0 Å². The first-order chi connectivity index (χ1) is 31.4. The highest BCUT2D eigenvalue weighted by molar-refractivity contribution is 14.1. The monoisotopic (exact) mass is 1060 g/mol. The van der Waals surface area contributed by atoms with Gasteiger partial charge >= 0.3 is 11.9 Å². The van der Waals surface area contributed by atoms with Crippen LogP contribution in [0.5, 0.6) is 0 Å². The van der Waals surface area contributed by atoms with Crippen molar-refractivity contribution in [2.75, 3.05) is 19.7 Å². The lowest BCUT2D eigenvalue weighted by molar-refractivity contribution is -0.144. The zero-order chi connectivity index (χ0) is 50.7. The molecule has 8 atom stereocenters. The Morgan fingerprint density at radius 2 is 1.19 bits per heavy atom. The van der Waals surface area contributed by atoms with Crippen molar-refractivity contribution in [2.45, 2.75) is 128 Å². The topological polar surface area (TPSA) is 362 Å². The lowest BCUT2D eigenvalue weighted by atomic mass is 10.00. The van der Waals surface area contributed by atoms with Gasteiger partial charge < -0.3 is 63.2 Å². The summed E-state index contributed by atoms with van der Waals surface area (Å²) in [5.41, 5.74) is 5.96. The molecule has 0 spiro atoms. The maximum atomic E-state index is 14.3. The summed E-state index contributed by atoms with van der Waals surface area (Å²) in [6.07, 6.45) is -1.10. The maximum Gasteiger partial charge on any atom is 0.326 e. The molecule has 1 heterocycles.